The van der Waals surface area contributed by atoms with Crippen molar-refractivity contribution in [1.29, 1.82) is 0 Å². The zero-order chi connectivity index (χ0) is 57.7. The molecule has 0 saturated carbocycles. The van der Waals surface area contributed by atoms with Crippen LogP contribution in [0.15, 0.2) is 60.8 Å². The summed E-state index contributed by atoms with van der Waals surface area (Å²) in [6, 6.07) is 0. The van der Waals surface area contributed by atoms with Gasteiger partial charge in [-0.05, 0) is 38.5 Å². The molecule has 0 amide bonds. The summed E-state index contributed by atoms with van der Waals surface area (Å²) in [5, 5.41) is 0. The predicted molar refractivity (Wildman–Crippen MR) is 340 cm³/mol. The van der Waals surface area contributed by atoms with Crippen molar-refractivity contribution in [1.82, 2.24) is 0 Å². The van der Waals surface area contributed by atoms with E-state index < -0.39 is 26.5 Å². The molecule has 0 aliphatic rings. The van der Waals surface area contributed by atoms with Crippen LogP contribution in [-0.4, -0.2) is 74.9 Å². The number of carbonyl (C=O) groups excluding carboxylic acids is 2. The zero-order valence-corrected chi connectivity index (χ0v) is 53.5. The molecule has 0 aliphatic heterocycles. The molecule has 0 radical (unpaired) electrons. The number of hydrogen-bond donors (Lipinski definition) is 1. The van der Waals surface area contributed by atoms with Gasteiger partial charge in [-0.25, -0.2) is 4.57 Å². The number of unbranched alkanes of at least 4 members (excludes halogenated alkanes) is 39. The van der Waals surface area contributed by atoms with E-state index in [1.807, 2.05) is 33.3 Å². The number of phosphoric ester groups is 1. The Balaban J connectivity index is 3.87. The van der Waals surface area contributed by atoms with Crippen LogP contribution < -0.4 is 0 Å². The number of rotatable bonds is 62. The van der Waals surface area contributed by atoms with E-state index in [1.54, 1.807) is 6.08 Å². The minimum Gasteiger partial charge on any atom is -0.462 e. The van der Waals surface area contributed by atoms with Gasteiger partial charge in [0.1, 0.15) is 19.8 Å². The predicted octanol–water partition coefficient (Wildman–Crippen LogP) is 21.4. The largest absolute Gasteiger partial charge is 0.472 e. The molecule has 2 unspecified atom stereocenters. The lowest BCUT2D eigenvalue weighted by molar-refractivity contribution is -0.870. The van der Waals surface area contributed by atoms with Crippen LogP contribution in [0.1, 0.15) is 316 Å². The van der Waals surface area contributed by atoms with E-state index in [4.69, 9.17) is 18.5 Å². The number of hydrogen-bond acceptors (Lipinski definition) is 7. The van der Waals surface area contributed by atoms with Crippen molar-refractivity contribution in [3.63, 3.8) is 0 Å². The molecule has 0 aliphatic carbocycles. The summed E-state index contributed by atoms with van der Waals surface area (Å²) in [5.74, 6) is -0.936. The normalized spacial score (nSPS) is 13.5. The molecule has 462 valence electrons. The quantitative estimate of drug-likeness (QED) is 0.0211. The molecule has 0 aromatic carbocycles. The highest BCUT2D eigenvalue weighted by atomic mass is 31.2. The number of allylic oxidation sites excluding steroid dienone is 9. The summed E-state index contributed by atoms with van der Waals surface area (Å²) in [5.41, 5.74) is 0. The number of quaternary nitrogens is 1. The molecule has 9 nitrogen and oxygen atoms in total. The van der Waals surface area contributed by atoms with E-state index in [0.29, 0.717) is 17.4 Å². The summed E-state index contributed by atoms with van der Waals surface area (Å²) in [6.45, 7) is 4.24. The van der Waals surface area contributed by atoms with E-state index in [1.165, 1.54) is 238 Å². The van der Waals surface area contributed by atoms with Crippen LogP contribution in [0.5, 0.6) is 0 Å². The van der Waals surface area contributed by atoms with Crippen LogP contribution in [-0.2, 0) is 32.7 Å². The maximum atomic E-state index is 12.7. The molecule has 79 heavy (non-hydrogen) atoms. The van der Waals surface area contributed by atoms with E-state index in [2.05, 4.69) is 56.4 Å². The van der Waals surface area contributed by atoms with Crippen molar-refractivity contribution >= 4 is 19.8 Å². The van der Waals surface area contributed by atoms with Crippen LogP contribution in [0.3, 0.4) is 0 Å². The Morgan fingerprint density at radius 1 is 0.405 bits per heavy atom. The van der Waals surface area contributed by atoms with Crippen molar-refractivity contribution in [2.24, 2.45) is 0 Å². The van der Waals surface area contributed by atoms with Crippen molar-refractivity contribution in [2.75, 3.05) is 47.5 Å². The van der Waals surface area contributed by atoms with Crippen molar-refractivity contribution in [3.05, 3.63) is 60.8 Å². The Kier molecular flexibility index (Phi) is 58.6. The van der Waals surface area contributed by atoms with Crippen LogP contribution in [0, 0.1) is 0 Å². The van der Waals surface area contributed by atoms with Crippen molar-refractivity contribution < 1.29 is 42.1 Å². The second-order valence-corrected chi connectivity index (χ2v) is 25.3. The molecule has 0 aromatic rings. The number of likely N-dealkylation sites (N-methyl/N-ethyl adjacent to an activating group) is 1. The Hall–Kier alpha value is -2.29. The standard InChI is InChI=1S/C69H128NO8P/c1-6-8-10-12-14-16-18-20-22-23-24-25-26-27-28-29-30-31-32-33-34-35-36-37-38-39-40-41-42-43-44-45-46-48-49-51-53-55-57-59-61-68(71)75-65-67(66-77-79(73,74)76-64-63-70(3,4)5)78-69(72)62-60-58-56-54-52-50-47-21-19-17-15-13-11-9-7-2/h9,11,15,17,21,47,52,54,58,60,67H,6-8,10,12-14,16,18-20,22-46,48-51,53,55-57,59,61-66H2,1-5H3/p+1/b11-9-,17-15-,47-21-,54-52-,60-58-. The third-order valence-electron chi connectivity index (χ3n) is 14.8. The lowest BCUT2D eigenvalue weighted by Gasteiger charge is -2.24. The minimum absolute atomic E-state index is 0.00848. The van der Waals surface area contributed by atoms with Gasteiger partial charge in [-0.3, -0.25) is 18.6 Å². The second kappa shape index (κ2) is 60.3. The molecule has 1 N–H and O–H groups in total. The van der Waals surface area contributed by atoms with Gasteiger partial charge >= 0.3 is 19.8 Å². The third kappa shape index (κ3) is 64.7. The zero-order valence-electron chi connectivity index (χ0n) is 52.6. The fourth-order valence-corrected chi connectivity index (χ4v) is 10.5. The molecular formula is C69H129NO8P+. The average molecular weight is 1130 g/mol. The van der Waals surface area contributed by atoms with Gasteiger partial charge in [0.2, 0.25) is 0 Å². The molecule has 0 rings (SSSR count). The van der Waals surface area contributed by atoms with Crippen LogP contribution >= 0.6 is 7.82 Å². The first-order valence-electron chi connectivity index (χ1n) is 33.5. The first-order valence-corrected chi connectivity index (χ1v) is 35.0. The van der Waals surface area contributed by atoms with E-state index in [9.17, 15) is 19.0 Å². The Bertz CT molecular complexity index is 1520. The van der Waals surface area contributed by atoms with Crippen molar-refractivity contribution in [3.8, 4) is 0 Å². The molecule has 0 fully saturated rings. The van der Waals surface area contributed by atoms with E-state index in [0.717, 1.165) is 44.9 Å². The lowest BCUT2D eigenvalue weighted by atomic mass is 10.0. The second-order valence-electron chi connectivity index (χ2n) is 23.9. The average Bonchev–Trinajstić information content (AvgIpc) is 3.41. The summed E-state index contributed by atoms with van der Waals surface area (Å²) in [7, 11) is 1.43. The summed E-state index contributed by atoms with van der Waals surface area (Å²) in [4.78, 5) is 35.6. The van der Waals surface area contributed by atoms with Gasteiger partial charge in [0.15, 0.2) is 6.10 Å². The number of esters is 2. The molecule has 0 spiro atoms. The first kappa shape index (κ1) is 76.7. The molecule has 2 atom stereocenters. The Morgan fingerprint density at radius 2 is 0.709 bits per heavy atom. The van der Waals surface area contributed by atoms with Crippen LogP contribution in [0.25, 0.3) is 0 Å². The molecular weight excluding hydrogens is 1000 g/mol. The summed E-state index contributed by atoms with van der Waals surface area (Å²) >= 11 is 0. The third-order valence-corrected chi connectivity index (χ3v) is 15.8. The van der Waals surface area contributed by atoms with E-state index >= 15 is 0 Å². The first-order chi connectivity index (χ1) is 38.5. The fourth-order valence-electron chi connectivity index (χ4n) is 9.74. The van der Waals surface area contributed by atoms with Crippen LogP contribution in [0.2, 0.25) is 0 Å². The fraction of sp³-hybridized carbons (Fsp3) is 0.826. The van der Waals surface area contributed by atoms with Crippen molar-refractivity contribution in [2.45, 2.75) is 322 Å². The van der Waals surface area contributed by atoms with Gasteiger partial charge in [-0.1, -0.05) is 325 Å². The molecule has 0 bridgehead atoms. The topological polar surface area (TPSA) is 108 Å². The number of ether oxygens (including phenoxy) is 2. The smallest absolute Gasteiger partial charge is 0.462 e. The maximum Gasteiger partial charge on any atom is 0.472 e. The Labute approximate surface area is 489 Å². The molecule has 0 heterocycles. The highest BCUT2D eigenvalue weighted by Crippen LogP contribution is 2.43. The molecule has 0 aromatic heterocycles. The van der Waals surface area contributed by atoms with Crippen LogP contribution in [0.4, 0.5) is 0 Å². The van der Waals surface area contributed by atoms with Gasteiger partial charge in [-0.2, -0.15) is 0 Å². The molecule has 10 heteroatoms. The van der Waals surface area contributed by atoms with Gasteiger partial charge in [0, 0.05) is 6.42 Å². The number of nitrogens with zero attached hydrogens (tertiary/aromatic N) is 1. The summed E-state index contributed by atoms with van der Waals surface area (Å²) < 4.78 is 34.4. The number of carbonyl (C=O) groups is 2. The van der Waals surface area contributed by atoms with Gasteiger partial charge in [-0.15, -0.1) is 0 Å². The van der Waals surface area contributed by atoms with Gasteiger partial charge in [0.05, 0.1) is 34.2 Å². The number of phosphoric acid groups is 1. The summed E-state index contributed by atoms with van der Waals surface area (Å²) in [6.07, 6.45) is 79.8. The minimum atomic E-state index is -4.41. The van der Waals surface area contributed by atoms with Gasteiger partial charge < -0.3 is 18.9 Å². The highest BCUT2D eigenvalue weighted by molar-refractivity contribution is 7.47. The monoisotopic (exact) mass is 1130 g/mol. The maximum absolute atomic E-state index is 12.7. The van der Waals surface area contributed by atoms with E-state index in [-0.39, 0.29) is 32.0 Å². The van der Waals surface area contributed by atoms with Gasteiger partial charge in [0.25, 0.3) is 0 Å². The highest BCUT2D eigenvalue weighted by Gasteiger charge is 2.27. The lowest BCUT2D eigenvalue weighted by Crippen LogP contribution is -2.37. The Morgan fingerprint density at radius 3 is 1.03 bits per heavy atom. The SMILES string of the molecule is CC/C=C\C/C=C\C/C=C\C/C=C\C/C=C\CC(=O)OC(COC(=O)CCCCCCCCCCCCCCCCCCCCCCCCCCCCCCCCCCCCCCCCCC)COP(=O)(O)OCC[N+](C)(C)C. The molecule has 0 saturated heterocycles.